The minimum Gasteiger partial charge on any atom is -0.356 e. The molecule has 1 atom stereocenters. The Bertz CT molecular complexity index is 1080. The van der Waals surface area contributed by atoms with Gasteiger partial charge in [0.25, 0.3) is 0 Å². The molecule has 1 aromatic carbocycles. The quantitative estimate of drug-likeness (QED) is 0.541. The van der Waals surface area contributed by atoms with Crippen LogP contribution in [0.5, 0.6) is 0 Å². The first-order valence-corrected chi connectivity index (χ1v) is 10.7. The molecule has 30 heavy (non-hydrogen) atoms. The number of aryl methyl sites for hydroxylation is 2. The summed E-state index contributed by atoms with van der Waals surface area (Å²) >= 11 is 12.1. The van der Waals surface area contributed by atoms with Gasteiger partial charge in [0.05, 0.1) is 39.5 Å². The summed E-state index contributed by atoms with van der Waals surface area (Å²) in [7, 11) is 0. The number of halogens is 2. The van der Waals surface area contributed by atoms with Crippen molar-refractivity contribution in [2.45, 2.75) is 45.6 Å². The van der Waals surface area contributed by atoms with Crippen molar-refractivity contribution in [2.75, 3.05) is 6.54 Å². The molecule has 1 fully saturated rings. The Morgan fingerprint density at radius 1 is 1.20 bits per heavy atom. The lowest BCUT2D eigenvalue weighted by atomic mass is 9.94. The smallest absolute Gasteiger partial charge is 0.227 e. The predicted octanol–water partition coefficient (Wildman–Crippen LogP) is 5.35. The average molecular weight is 445 g/mol. The third-order valence-electron chi connectivity index (χ3n) is 5.31. The summed E-state index contributed by atoms with van der Waals surface area (Å²) in [6.45, 7) is 4.40. The first-order chi connectivity index (χ1) is 14.4. The zero-order chi connectivity index (χ0) is 21.3. The van der Waals surface area contributed by atoms with E-state index in [4.69, 9.17) is 32.7 Å². The monoisotopic (exact) mass is 444 g/mol. The molecule has 0 N–H and O–H groups in total. The minimum absolute atomic E-state index is 0.0362. The molecular weight excluding hydrogens is 423 g/mol. The molecule has 4 rings (SSSR count). The number of likely N-dealkylation sites (tertiary alicyclic amines) is 1. The molecule has 0 spiro atoms. The van der Waals surface area contributed by atoms with E-state index in [2.05, 4.69) is 10.1 Å². The number of nitrogens with zero attached hydrogens (tertiary/aromatic N) is 4. The first-order valence-electron chi connectivity index (χ1n) is 9.93. The fourth-order valence-electron chi connectivity index (χ4n) is 3.86. The summed E-state index contributed by atoms with van der Waals surface area (Å²) in [4.78, 5) is 24.2. The second-order valence-electron chi connectivity index (χ2n) is 7.57. The fraction of sp³-hybridized carbons (Fsp3) is 0.364. The lowest BCUT2D eigenvalue weighted by Crippen LogP contribution is -2.40. The molecule has 1 aliphatic rings. The van der Waals surface area contributed by atoms with E-state index in [0.29, 0.717) is 28.2 Å². The van der Waals surface area contributed by atoms with Gasteiger partial charge >= 0.3 is 0 Å². The van der Waals surface area contributed by atoms with Gasteiger partial charge in [-0.05, 0) is 50.8 Å². The normalized spacial score (nSPS) is 16.7. The summed E-state index contributed by atoms with van der Waals surface area (Å²) in [5, 5.41) is 4.92. The second kappa shape index (κ2) is 8.74. The third kappa shape index (κ3) is 4.35. The summed E-state index contributed by atoms with van der Waals surface area (Å²) in [5.74, 6) is 1.31. The molecule has 2 aromatic heterocycles. The van der Waals surface area contributed by atoms with Crippen LogP contribution in [0.3, 0.4) is 0 Å². The minimum atomic E-state index is -0.142. The Hall–Kier alpha value is -2.44. The second-order valence-corrected chi connectivity index (χ2v) is 8.39. The Morgan fingerprint density at radius 3 is 2.77 bits per heavy atom. The van der Waals surface area contributed by atoms with E-state index >= 15 is 0 Å². The van der Waals surface area contributed by atoms with Gasteiger partial charge in [0, 0.05) is 18.8 Å². The van der Waals surface area contributed by atoms with E-state index in [0.717, 1.165) is 41.8 Å². The molecule has 156 valence electrons. The summed E-state index contributed by atoms with van der Waals surface area (Å²) in [5.41, 5.74) is 3.21. The maximum Gasteiger partial charge on any atom is 0.227 e. The Kier molecular flexibility index (Phi) is 6.06. The number of hydrogen-bond acceptors (Lipinski definition) is 5. The highest BCUT2D eigenvalue weighted by atomic mass is 35.5. The van der Waals surface area contributed by atoms with Gasteiger partial charge in [-0.2, -0.15) is 0 Å². The lowest BCUT2D eigenvalue weighted by molar-refractivity contribution is -0.134. The zero-order valence-corrected chi connectivity index (χ0v) is 18.4. The molecule has 0 saturated carbocycles. The van der Waals surface area contributed by atoms with Crippen molar-refractivity contribution in [1.82, 2.24) is 20.0 Å². The standard InChI is InChI=1S/C22H22Cl2N4O2/c1-13-9-20(30-27-13)16-12-25-14(2)26-22(16)19-5-3-4-8-28(19)21(29)11-15-6-7-17(23)18(24)10-15/h6-7,9-10,12,19H,3-5,8,11H2,1-2H3/t19-/m1/s1. The number of piperidine rings is 1. The number of carbonyl (C=O) groups is 1. The van der Waals surface area contributed by atoms with Crippen LogP contribution in [0.15, 0.2) is 35.0 Å². The molecule has 0 unspecified atom stereocenters. The number of carbonyl (C=O) groups excluding carboxylic acids is 1. The van der Waals surface area contributed by atoms with Crippen molar-refractivity contribution in [2.24, 2.45) is 0 Å². The number of benzene rings is 1. The van der Waals surface area contributed by atoms with E-state index in [1.54, 1.807) is 18.3 Å². The van der Waals surface area contributed by atoms with Gasteiger partial charge in [0.1, 0.15) is 5.82 Å². The van der Waals surface area contributed by atoms with Gasteiger partial charge in [-0.15, -0.1) is 0 Å². The highest BCUT2D eigenvalue weighted by Gasteiger charge is 2.32. The van der Waals surface area contributed by atoms with Crippen molar-refractivity contribution in [1.29, 1.82) is 0 Å². The third-order valence-corrected chi connectivity index (χ3v) is 6.05. The highest BCUT2D eigenvalue weighted by molar-refractivity contribution is 6.42. The lowest BCUT2D eigenvalue weighted by Gasteiger charge is -2.36. The number of amides is 1. The zero-order valence-electron chi connectivity index (χ0n) is 16.9. The summed E-state index contributed by atoms with van der Waals surface area (Å²) in [6.07, 6.45) is 4.84. The van der Waals surface area contributed by atoms with Crippen LogP contribution in [0.2, 0.25) is 10.0 Å². The van der Waals surface area contributed by atoms with Crippen LogP contribution < -0.4 is 0 Å². The molecule has 8 heteroatoms. The van der Waals surface area contributed by atoms with Crippen molar-refractivity contribution in [3.05, 3.63) is 63.3 Å². The Labute approximate surface area is 185 Å². The maximum atomic E-state index is 13.3. The highest BCUT2D eigenvalue weighted by Crippen LogP contribution is 2.36. The molecule has 0 bridgehead atoms. The van der Waals surface area contributed by atoms with Gasteiger partial charge < -0.3 is 9.42 Å². The Morgan fingerprint density at radius 2 is 2.03 bits per heavy atom. The largest absolute Gasteiger partial charge is 0.356 e. The van der Waals surface area contributed by atoms with Gasteiger partial charge in [-0.1, -0.05) is 34.4 Å². The molecular formula is C22H22Cl2N4O2. The van der Waals surface area contributed by atoms with Crippen LogP contribution in [-0.2, 0) is 11.2 Å². The van der Waals surface area contributed by atoms with Gasteiger partial charge in [0.15, 0.2) is 5.76 Å². The first kappa shape index (κ1) is 20.8. The van der Waals surface area contributed by atoms with Gasteiger partial charge in [-0.3, -0.25) is 4.79 Å². The van der Waals surface area contributed by atoms with Crippen molar-refractivity contribution < 1.29 is 9.32 Å². The molecule has 0 aliphatic carbocycles. The van der Waals surface area contributed by atoms with E-state index in [1.165, 1.54) is 0 Å². The van der Waals surface area contributed by atoms with Crippen LogP contribution in [0.4, 0.5) is 0 Å². The Balaban J connectivity index is 1.66. The average Bonchev–Trinajstić information content (AvgIpc) is 3.16. The molecule has 1 saturated heterocycles. The molecule has 1 aliphatic heterocycles. The van der Waals surface area contributed by atoms with Crippen LogP contribution in [0.1, 0.15) is 48.1 Å². The fourth-order valence-corrected chi connectivity index (χ4v) is 4.18. The molecule has 3 aromatic rings. The van der Waals surface area contributed by atoms with Gasteiger partial charge in [-0.25, -0.2) is 9.97 Å². The van der Waals surface area contributed by atoms with E-state index in [-0.39, 0.29) is 18.4 Å². The molecule has 3 heterocycles. The number of aromatic nitrogens is 3. The summed E-state index contributed by atoms with van der Waals surface area (Å²) < 4.78 is 5.48. The molecule has 1 amide bonds. The van der Waals surface area contributed by atoms with E-state index in [1.807, 2.05) is 30.9 Å². The van der Waals surface area contributed by atoms with Crippen molar-refractivity contribution in [3.8, 4) is 11.3 Å². The van der Waals surface area contributed by atoms with Gasteiger partial charge in [0.2, 0.25) is 5.91 Å². The number of rotatable bonds is 4. The summed E-state index contributed by atoms with van der Waals surface area (Å²) in [6, 6.07) is 7.03. The van der Waals surface area contributed by atoms with Crippen molar-refractivity contribution >= 4 is 29.1 Å². The van der Waals surface area contributed by atoms with Crippen LogP contribution in [-0.4, -0.2) is 32.5 Å². The van der Waals surface area contributed by atoms with Crippen LogP contribution in [0, 0.1) is 13.8 Å². The predicted molar refractivity (Wildman–Crippen MR) is 115 cm³/mol. The van der Waals surface area contributed by atoms with Crippen molar-refractivity contribution in [3.63, 3.8) is 0 Å². The SMILES string of the molecule is Cc1cc(-c2cnc(C)nc2[C@H]2CCCCN2C(=O)Cc2ccc(Cl)c(Cl)c2)on1. The molecule has 6 nitrogen and oxygen atoms in total. The van der Waals surface area contributed by atoms with Crippen LogP contribution in [0.25, 0.3) is 11.3 Å². The van der Waals surface area contributed by atoms with E-state index < -0.39 is 0 Å². The number of hydrogen-bond donors (Lipinski definition) is 0. The molecule has 0 radical (unpaired) electrons. The maximum absolute atomic E-state index is 13.3. The van der Waals surface area contributed by atoms with Crippen LogP contribution >= 0.6 is 23.2 Å². The topological polar surface area (TPSA) is 72.1 Å². The van der Waals surface area contributed by atoms with E-state index in [9.17, 15) is 4.79 Å².